The summed E-state index contributed by atoms with van der Waals surface area (Å²) in [5.74, 6) is -1.09. The van der Waals surface area contributed by atoms with Gasteiger partial charge in [-0.2, -0.15) is 0 Å². The smallest absolute Gasteiger partial charge is 0.331 e. The van der Waals surface area contributed by atoms with Crippen LogP contribution in [0, 0.1) is 13.8 Å². The summed E-state index contributed by atoms with van der Waals surface area (Å²) in [7, 11) is -1.84. The van der Waals surface area contributed by atoms with E-state index in [1.807, 2.05) is 13.8 Å². The van der Waals surface area contributed by atoms with Gasteiger partial charge in [0.05, 0.1) is 13.0 Å². The number of benzene rings is 1. The van der Waals surface area contributed by atoms with Crippen LogP contribution in [0.3, 0.4) is 0 Å². The molecule has 0 bridgehead atoms. The molecule has 0 aromatic heterocycles. The van der Waals surface area contributed by atoms with Crippen LogP contribution in [0.5, 0.6) is 11.5 Å². The molecule has 0 amide bonds. The van der Waals surface area contributed by atoms with E-state index in [2.05, 4.69) is 40.4 Å². The van der Waals surface area contributed by atoms with E-state index in [1.54, 1.807) is 13.8 Å². The van der Waals surface area contributed by atoms with Crippen molar-refractivity contribution in [1.82, 2.24) is 0 Å². The van der Waals surface area contributed by atoms with Gasteiger partial charge in [0.1, 0.15) is 18.1 Å². The van der Waals surface area contributed by atoms with E-state index in [1.165, 1.54) is 18.2 Å². The number of carbonyl (C=O) groups excluding carboxylic acids is 2. The highest BCUT2D eigenvalue weighted by molar-refractivity contribution is 6.74. The lowest BCUT2D eigenvalue weighted by molar-refractivity contribution is -0.145. The van der Waals surface area contributed by atoms with Crippen molar-refractivity contribution in [2.45, 2.75) is 84.9 Å². The second-order valence-corrected chi connectivity index (χ2v) is 16.0. The van der Waals surface area contributed by atoms with Crippen LogP contribution in [0.2, 0.25) is 18.1 Å². The van der Waals surface area contributed by atoms with Gasteiger partial charge in [0.2, 0.25) is 0 Å². The number of carbonyl (C=O) groups is 2. The zero-order valence-electron chi connectivity index (χ0n) is 23.4. The van der Waals surface area contributed by atoms with Gasteiger partial charge < -0.3 is 24.1 Å². The van der Waals surface area contributed by atoms with Crippen molar-refractivity contribution < 1.29 is 33.7 Å². The van der Waals surface area contributed by atoms with Crippen molar-refractivity contribution in [3.63, 3.8) is 0 Å². The molecule has 0 saturated carbocycles. The minimum atomic E-state index is -1.84. The molecule has 0 spiro atoms. The van der Waals surface area contributed by atoms with E-state index in [0.717, 1.165) is 0 Å². The summed E-state index contributed by atoms with van der Waals surface area (Å²) >= 11 is 0. The monoisotopic (exact) mass is 520 g/mol. The number of rotatable bonds is 12. The summed E-state index contributed by atoms with van der Waals surface area (Å²) in [6.45, 7) is 22.2. The number of hydrogen-bond donors (Lipinski definition) is 2. The molecule has 0 saturated heterocycles. The molecule has 8 heteroatoms. The van der Waals surface area contributed by atoms with Gasteiger partial charge in [0.25, 0.3) is 0 Å². The lowest BCUT2D eigenvalue weighted by Crippen LogP contribution is -2.41. The van der Waals surface area contributed by atoms with Crippen molar-refractivity contribution in [1.29, 1.82) is 0 Å². The van der Waals surface area contributed by atoms with Gasteiger partial charge in [-0.25, -0.2) is 4.79 Å². The average molecular weight is 521 g/mol. The van der Waals surface area contributed by atoms with Gasteiger partial charge in [-0.3, -0.25) is 4.79 Å². The minimum absolute atomic E-state index is 0.0203. The highest BCUT2D eigenvalue weighted by atomic mass is 28.4. The molecule has 2 N–H and O–H groups in total. The Hall–Kier alpha value is -2.58. The van der Waals surface area contributed by atoms with Gasteiger partial charge in [-0.05, 0) is 43.6 Å². The zero-order chi connectivity index (χ0) is 27.9. The van der Waals surface area contributed by atoms with Crippen LogP contribution >= 0.6 is 0 Å². The Bertz CT molecular complexity index is 956. The molecule has 36 heavy (non-hydrogen) atoms. The fraction of sp³-hybridized carbons (Fsp3) is 0.571. The Morgan fingerprint density at radius 3 is 2.14 bits per heavy atom. The second kappa shape index (κ2) is 12.6. The summed E-state index contributed by atoms with van der Waals surface area (Å²) in [5, 5.41) is 21.9. The van der Waals surface area contributed by atoms with Crippen LogP contribution in [-0.4, -0.2) is 50.3 Å². The first-order chi connectivity index (χ1) is 16.5. The highest BCUT2D eigenvalue weighted by Crippen LogP contribution is 2.45. The van der Waals surface area contributed by atoms with Crippen molar-refractivity contribution in [2.24, 2.45) is 0 Å². The lowest BCUT2D eigenvalue weighted by Gasteiger charge is -2.36. The second-order valence-electron chi connectivity index (χ2n) is 11.2. The molecule has 0 aliphatic carbocycles. The summed E-state index contributed by atoms with van der Waals surface area (Å²) in [6.07, 6.45) is 4.67. The van der Waals surface area contributed by atoms with Crippen LogP contribution in [-0.2, 0) is 28.9 Å². The zero-order valence-corrected chi connectivity index (χ0v) is 24.4. The number of hydrogen-bond acceptors (Lipinski definition) is 7. The Kier molecular flexibility index (Phi) is 11.0. The quantitative estimate of drug-likeness (QED) is 0.0860. The van der Waals surface area contributed by atoms with E-state index >= 15 is 0 Å². The standard InChI is InChI=1S/C28H44O7Si/c1-11-15-33-22(29)14-13-21-19(2)26(32)24(20(3)25(21)31)28(7,8)18-23(30)34-16-12-17-35-36(9,10)27(4,5)6/h11,13-14,31-32H,1,12,15-18H2,2-10H3. The van der Waals surface area contributed by atoms with Crippen molar-refractivity contribution in [3.8, 4) is 11.5 Å². The fourth-order valence-electron chi connectivity index (χ4n) is 3.65. The molecule has 0 heterocycles. The molecule has 0 fully saturated rings. The van der Waals surface area contributed by atoms with Crippen LogP contribution in [0.15, 0.2) is 18.7 Å². The van der Waals surface area contributed by atoms with Gasteiger partial charge in [0, 0.05) is 41.2 Å². The Morgan fingerprint density at radius 2 is 1.58 bits per heavy atom. The van der Waals surface area contributed by atoms with Crippen LogP contribution in [0.25, 0.3) is 6.08 Å². The molecule has 1 aromatic rings. The number of phenols is 2. The number of phenolic OH excluding ortho intramolecular Hbond substituents is 2. The third-order valence-corrected chi connectivity index (χ3v) is 11.3. The van der Waals surface area contributed by atoms with Crippen molar-refractivity contribution in [3.05, 3.63) is 41.0 Å². The Morgan fingerprint density at radius 1 is 0.972 bits per heavy atom. The van der Waals surface area contributed by atoms with E-state index in [9.17, 15) is 19.8 Å². The Labute approximate surface area is 217 Å². The van der Waals surface area contributed by atoms with E-state index in [4.69, 9.17) is 13.9 Å². The molecular formula is C28H44O7Si. The number of aromatic hydroxyl groups is 2. The largest absolute Gasteiger partial charge is 0.507 e. The van der Waals surface area contributed by atoms with E-state index in [0.29, 0.717) is 35.3 Å². The number of ether oxygens (including phenoxy) is 2. The summed E-state index contributed by atoms with van der Waals surface area (Å²) in [4.78, 5) is 24.4. The molecule has 1 rings (SSSR count). The predicted octanol–water partition coefficient (Wildman–Crippen LogP) is 6.08. The topological polar surface area (TPSA) is 102 Å². The van der Waals surface area contributed by atoms with E-state index < -0.39 is 25.7 Å². The Balaban J connectivity index is 2.91. The maximum Gasteiger partial charge on any atom is 0.331 e. The lowest BCUT2D eigenvalue weighted by atomic mass is 9.76. The van der Waals surface area contributed by atoms with Gasteiger partial charge in [-0.15, -0.1) is 0 Å². The average Bonchev–Trinajstić information content (AvgIpc) is 2.74. The minimum Gasteiger partial charge on any atom is -0.507 e. The van der Waals surface area contributed by atoms with E-state index in [-0.39, 0.29) is 36.2 Å². The normalized spacial score (nSPS) is 12.6. The van der Waals surface area contributed by atoms with Gasteiger partial charge in [-0.1, -0.05) is 47.3 Å². The maximum absolute atomic E-state index is 12.6. The fourth-order valence-corrected chi connectivity index (χ4v) is 4.74. The first-order valence-electron chi connectivity index (χ1n) is 12.3. The molecule has 0 unspecified atom stereocenters. The molecule has 7 nitrogen and oxygen atoms in total. The van der Waals surface area contributed by atoms with Crippen LogP contribution < -0.4 is 0 Å². The number of esters is 2. The summed E-state index contributed by atoms with van der Waals surface area (Å²) < 4.78 is 16.5. The van der Waals surface area contributed by atoms with Gasteiger partial charge in [0.15, 0.2) is 8.32 Å². The first-order valence-corrected chi connectivity index (χ1v) is 15.2. The molecule has 1 aromatic carbocycles. The molecular weight excluding hydrogens is 476 g/mol. The summed E-state index contributed by atoms with van der Waals surface area (Å²) in [6, 6.07) is 0. The third-order valence-electron chi connectivity index (χ3n) is 6.79. The van der Waals surface area contributed by atoms with Crippen molar-refractivity contribution >= 4 is 26.3 Å². The maximum atomic E-state index is 12.6. The summed E-state index contributed by atoms with van der Waals surface area (Å²) in [5.41, 5.74) is 0.783. The van der Waals surface area contributed by atoms with Gasteiger partial charge >= 0.3 is 11.9 Å². The third kappa shape index (κ3) is 8.23. The predicted molar refractivity (Wildman–Crippen MR) is 146 cm³/mol. The molecule has 202 valence electrons. The highest BCUT2D eigenvalue weighted by Gasteiger charge is 2.37. The molecule has 0 radical (unpaired) electrons. The van der Waals surface area contributed by atoms with Crippen LogP contribution in [0.4, 0.5) is 0 Å². The first kappa shape index (κ1) is 31.4. The molecule has 0 atom stereocenters. The SMILES string of the molecule is C=CCOC(=O)C=Cc1c(C)c(O)c(C(C)(C)CC(=O)OCCCO[Si](C)(C)C(C)(C)C)c(C)c1O. The molecule has 0 aliphatic heterocycles. The molecule has 0 aliphatic rings. The van der Waals surface area contributed by atoms with Crippen molar-refractivity contribution in [2.75, 3.05) is 19.8 Å². The van der Waals surface area contributed by atoms with Crippen LogP contribution in [0.1, 0.15) is 69.7 Å².